The van der Waals surface area contributed by atoms with Gasteiger partial charge in [-0.2, -0.15) is 0 Å². The molecule has 7 atom stereocenters. The van der Waals surface area contributed by atoms with Gasteiger partial charge in [-0.3, -0.25) is 0 Å². The first-order chi connectivity index (χ1) is 11.0. The van der Waals surface area contributed by atoms with Gasteiger partial charge in [-0.15, -0.1) is 0 Å². The van der Waals surface area contributed by atoms with Gasteiger partial charge < -0.3 is 11.1 Å². The van der Waals surface area contributed by atoms with Crippen LogP contribution < -0.4 is 11.1 Å². The van der Waals surface area contributed by atoms with Crippen LogP contribution in [0.3, 0.4) is 0 Å². The van der Waals surface area contributed by atoms with E-state index in [2.05, 4.69) is 39.9 Å². The topological polar surface area (TPSA) is 38.0 Å². The molecule has 0 aromatic heterocycles. The van der Waals surface area contributed by atoms with Crippen molar-refractivity contribution in [2.45, 2.75) is 91.6 Å². The standard InChI is InChI=1S/C21H42N2/c1-6-18(15(3)12-14(2)10-11-22)13-20-16(4)23-17(5)21(20)19-8-7-9-19/h14-21,23H,6-13,22H2,1-5H3. The van der Waals surface area contributed by atoms with Crippen LogP contribution >= 0.6 is 0 Å². The molecular formula is C21H42N2. The van der Waals surface area contributed by atoms with Gasteiger partial charge in [0.15, 0.2) is 0 Å². The molecule has 0 radical (unpaired) electrons. The molecular weight excluding hydrogens is 280 g/mol. The maximum Gasteiger partial charge on any atom is 0.00754 e. The van der Waals surface area contributed by atoms with E-state index in [1.165, 1.54) is 44.9 Å². The van der Waals surface area contributed by atoms with Gasteiger partial charge in [-0.1, -0.05) is 46.5 Å². The van der Waals surface area contributed by atoms with Crippen LogP contribution in [0.4, 0.5) is 0 Å². The molecule has 1 aliphatic heterocycles. The van der Waals surface area contributed by atoms with Gasteiger partial charge in [0.25, 0.3) is 0 Å². The molecule has 23 heavy (non-hydrogen) atoms. The first-order valence-corrected chi connectivity index (χ1v) is 10.4. The minimum absolute atomic E-state index is 0.707. The monoisotopic (exact) mass is 322 g/mol. The van der Waals surface area contributed by atoms with E-state index in [1.807, 2.05) is 0 Å². The summed E-state index contributed by atoms with van der Waals surface area (Å²) in [6.45, 7) is 13.0. The number of nitrogens with two attached hydrogens (primary N) is 1. The summed E-state index contributed by atoms with van der Waals surface area (Å²) >= 11 is 0. The largest absolute Gasteiger partial charge is 0.330 e. The van der Waals surface area contributed by atoms with Crippen LogP contribution in [0, 0.1) is 35.5 Å². The van der Waals surface area contributed by atoms with E-state index in [4.69, 9.17) is 5.73 Å². The molecule has 0 aromatic carbocycles. The van der Waals surface area contributed by atoms with Gasteiger partial charge in [0.2, 0.25) is 0 Å². The highest BCUT2D eigenvalue weighted by Gasteiger charge is 2.45. The molecule has 1 saturated heterocycles. The lowest BCUT2D eigenvalue weighted by Gasteiger charge is -2.39. The van der Waals surface area contributed by atoms with Crippen LogP contribution in [0.1, 0.15) is 79.6 Å². The van der Waals surface area contributed by atoms with Crippen molar-refractivity contribution in [2.24, 2.45) is 41.2 Å². The molecule has 2 fully saturated rings. The van der Waals surface area contributed by atoms with E-state index in [-0.39, 0.29) is 0 Å². The Morgan fingerprint density at radius 3 is 2.35 bits per heavy atom. The minimum Gasteiger partial charge on any atom is -0.330 e. The number of hydrogen-bond acceptors (Lipinski definition) is 2. The van der Waals surface area contributed by atoms with Crippen LogP contribution in [0.25, 0.3) is 0 Å². The Bertz CT molecular complexity index is 337. The quantitative estimate of drug-likeness (QED) is 0.638. The summed E-state index contributed by atoms with van der Waals surface area (Å²) in [6.07, 6.45) is 9.76. The molecule has 1 heterocycles. The van der Waals surface area contributed by atoms with Gasteiger partial charge in [-0.05, 0) is 75.2 Å². The lowest BCUT2D eigenvalue weighted by molar-refractivity contribution is 0.121. The lowest BCUT2D eigenvalue weighted by Crippen LogP contribution is -2.34. The fourth-order valence-corrected chi connectivity index (χ4v) is 5.68. The Balaban J connectivity index is 1.95. The van der Waals surface area contributed by atoms with E-state index in [9.17, 15) is 0 Å². The van der Waals surface area contributed by atoms with E-state index in [0.717, 1.165) is 48.1 Å². The summed E-state index contributed by atoms with van der Waals surface area (Å²) in [4.78, 5) is 0. The van der Waals surface area contributed by atoms with E-state index < -0.39 is 0 Å². The molecule has 0 spiro atoms. The van der Waals surface area contributed by atoms with Crippen molar-refractivity contribution >= 4 is 0 Å². The molecule has 136 valence electrons. The predicted octanol–water partition coefficient (Wildman–Crippen LogP) is 4.83. The highest BCUT2D eigenvalue weighted by atomic mass is 15.0. The molecule has 2 rings (SSSR count). The van der Waals surface area contributed by atoms with Gasteiger partial charge in [-0.25, -0.2) is 0 Å². The third kappa shape index (κ3) is 4.72. The molecule has 2 nitrogen and oxygen atoms in total. The van der Waals surface area contributed by atoms with Crippen molar-refractivity contribution < 1.29 is 0 Å². The molecule has 7 unspecified atom stereocenters. The highest BCUT2D eigenvalue weighted by Crippen LogP contribution is 2.46. The zero-order valence-electron chi connectivity index (χ0n) is 16.4. The van der Waals surface area contributed by atoms with Gasteiger partial charge in [0, 0.05) is 12.1 Å². The van der Waals surface area contributed by atoms with Crippen LogP contribution in [0.5, 0.6) is 0 Å². The van der Waals surface area contributed by atoms with Crippen LogP contribution in [0.2, 0.25) is 0 Å². The SMILES string of the molecule is CCC(CC1C(C)NC(C)C1C1CCC1)C(C)CC(C)CCN. The van der Waals surface area contributed by atoms with Crippen LogP contribution in [0.15, 0.2) is 0 Å². The summed E-state index contributed by atoms with van der Waals surface area (Å²) < 4.78 is 0. The first kappa shape index (κ1) is 19.2. The molecule has 0 bridgehead atoms. The Kier molecular flexibility index (Phi) is 7.41. The summed E-state index contributed by atoms with van der Waals surface area (Å²) in [7, 11) is 0. The Hall–Kier alpha value is -0.0800. The average Bonchev–Trinajstić information content (AvgIpc) is 2.69. The molecule has 0 aromatic rings. The summed E-state index contributed by atoms with van der Waals surface area (Å²) in [5.41, 5.74) is 5.74. The van der Waals surface area contributed by atoms with Crippen molar-refractivity contribution in [3.05, 3.63) is 0 Å². The van der Waals surface area contributed by atoms with Crippen molar-refractivity contribution in [3.63, 3.8) is 0 Å². The Labute approximate surface area is 145 Å². The number of rotatable bonds is 9. The van der Waals surface area contributed by atoms with Crippen molar-refractivity contribution in [1.82, 2.24) is 5.32 Å². The fraction of sp³-hybridized carbons (Fsp3) is 1.00. The van der Waals surface area contributed by atoms with E-state index in [1.54, 1.807) is 0 Å². The minimum atomic E-state index is 0.707. The third-order valence-electron chi connectivity index (χ3n) is 7.27. The molecule has 1 aliphatic carbocycles. The molecule has 0 amide bonds. The number of hydrogen-bond donors (Lipinski definition) is 2. The zero-order valence-corrected chi connectivity index (χ0v) is 16.4. The molecule has 3 N–H and O–H groups in total. The van der Waals surface area contributed by atoms with E-state index >= 15 is 0 Å². The predicted molar refractivity (Wildman–Crippen MR) is 101 cm³/mol. The van der Waals surface area contributed by atoms with Gasteiger partial charge in [0.1, 0.15) is 0 Å². The normalized spacial score (nSPS) is 35.7. The van der Waals surface area contributed by atoms with E-state index in [0.29, 0.717) is 6.04 Å². The Morgan fingerprint density at radius 2 is 1.83 bits per heavy atom. The molecule has 2 aliphatic rings. The smallest absolute Gasteiger partial charge is 0.00754 e. The first-order valence-electron chi connectivity index (χ1n) is 10.4. The van der Waals surface area contributed by atoms with Gasteiger partial charge in [0.05, 0.1) is 0 Å². The van der Waals surface area contributed by atoms with Crippen molar-refractivity contribution in [2.75, 3.05) is 6.54 Å². The van der Waals surface area contributed by atoms with Crippen molar-refractivity contribution in [1.29, 1.82) is 0 Å². The van der Waals surface area contributed by atoms with Gasteiger partial charge >= 0.3 is 0 Å². The summed E-state index contributed by atoms with van der Waals surface area (Å²) in [6, 6.07) is 1.43. The third-order valence-corrected chi connectivity index (χ3v) is 7.27. The molecule has 2 heteroatoms. The highest BCUT2D eigenvalue weighted by molar-refractivity contribution is 4.99. The second-order valence-electron chi connectivity index (χ2n) is 8.98. The fourth-order valence-electron chi connectivity index (χ4n) is 5.68. The zero-order chi connectivity index (χ0) is 17.0. The summed E-state index contributed by atoms with van der Waals surface area (Å²) in [5.74, 6) is 5.35. The number of nitrogens with one attached hydrogen (secondary N) is 1. The van der Waals surface area contributed by atoms with Crippen LogP contribution in [-0.2, 0) is 0 Å². The second kappa shape index (κ2) is 8.85. The summed E-state index contributed by atoms with van der Waals surface area (Å²) in [5, 5.41) is 3.88. The maximum absolute atomic E-state index is 5.74. The lowest BCUT2D eigenvalue weighted by atomic mass is 9.65. The Morgan fingerprint density at radius 1 is 1.13 bits per heavy atom. The average molecular weight is 323 g/mol. The van der Waals surface area contributed by atoms with Crippen molar-refractivity contribution in [3.8, 4) is 0 Å². The molecule has 1 saturated carbocycles. The van der Waals surface area contributed by atoms with Crippen LogP contribution in [-0.4, -0.2) is 18.6 Å². The maximum atomic E-state index is 5.74. The second-order valence-corrected chi connectivity index (χ2v) is 8.98.